The molecule has 1 fully saturated rings. The number of aromatic nitrogens is 2. The quantitative estimate of drug-likeness (QED) is 0.848. The lowest BCUT2D eigenvalue weighted by Crippen LogP contribution is -2.37. The van der Waals surface area contributed by atoms with Gasteiger partial charge in [0, 0.05) is 12.1 Å². The summed E-state index contributed by atoms with van der Waals surface area (Å²) < 4.78 is 0. The summed E-state index contributed by atoms with van der Waals surface area (Å²) in [4.78, 5) is 2.83. The third-order valence-electron chi connectivity index (χ3n) is 4.58. The maximum atomic E-state index is 6.05. The predicted octanol–water partition coefficient (Wildman–Crippen LogP) is 3.00. The summed E-state index contributed by atoms with van der Waals surface area (Å²) in [7, 11) is 0. The first kappa shape index (κ1) is 16.1. The van der Waals surface area contributed by atoms with Gasteiger partial charge < -0.3 is 10.6 Å². The molecule has 21 heavy (non-hydrogen) atoms. The Bertz CT molecular complexity index is 529. The Morgan fingerprint density at radius 3 is 2.48 bits per heavy atom. The van der Waals surface area contributed by atoms with Gasteiger partial charge in [-0.3, -0.25) is 0 Å². The van der Waals surface area contributed by atoms with Crippen LogP contribution in [0, 0.1) is 0 Å². The molecule has 4 nitrogen and oxygen atoms in total. The molecule has 2 N–H and O–H groups in total. The normalized spacial score (nSPS) is 21.8. The van der Waals surface area contributed by atoms with Crippen molar-refractivity contribution in [2.75, 3.05) is 4.90 Å². The number of hydrogen-bond donors (Lipinski definition) is 1. The van der Waals surface area contributed by atoms with Gasteiger partial charge in [0.05, 0.1) is 11.3 Å². The molecule has 1 aliphatic heterocycles. The van der Waals surface area contributed by atoms with E-state index in [4.69, 9.17) is 18.0 Å². The van der Waals surface area contributed by atoms with Crippen molar-refractivity contribution in [1.29, 1.82) is 0 Å². The van der Waals surface area contributed by atoms with Gasteiger partial charge in [-0.05, 0) is 44.6 Å². The molecular weight excluding hydrogens is 280 g/mol. The van der Waals surface area contributed by atoms with Crippen molar-refractivity contribution in [2.45, 2.75) is 71.9 Å². The summed E-state index contributed by atoms with van der Waals surface area (Å²) in [5.74, 6) is 0.897. The predicted molar refractivity (Wildman–Crippen MR) is 91.9 cm³/mol. The Balaban J connectivity index is 2.60. The van der Waals surface area contributed by atoms with Crippen molar-refractivity contribution >= 4 is 23.0 Å². The van der Waals surface area contributed by atoms with E-state index in [0.717, 1.165) is 36.3 Å². The van der Waals surface area contributed by atoms with Gasteiger partial charge in [0.2, 0.25) is 0 Å². The second kappa shape index (κ2) is 6.69. The second-order valence-electron chi connectivity index (χ2n) is 5.79. The molecule has 0 aliphatic carbocycles. The number of rotatable bonds is 5. The molecule has 0 spiro atoms. The summed E-state index contributed by atoms with van der Waals surface area (Å²) in [6, 6.07) is 0.981. The highest BCUT2D eigenvalue weighted by Crippen LogP contribution is 2.34. The number of aryl methyl sites for hydroxylation is 1. The van der Waals surface area contributed by atoms with Crippen molar-refractivity contribution in [3.05, 3.63) is 16.8 Å². The van der Waals surface area contributed by atoms with Crippen molar-refractivity contribution in [3.63, 3.8) is 0 Å². The average molecular weight is 306 g/mol. The standard InChI is InChI=1S/C16H26N4S/c1-5-11-9-8-10(4)20(11)16-14(15(17)21)12(6-2)13(7-3)18-19-16/h10-11H,5-9H2,1-4H3,(H2,17,21). The van der Waals surface area contributed by atoms with Crippen molar-refractivity contribution < 1.29 is 0 Å². The first-order valence-electron chi connectivity index (χ1n) is 8.01. The molecule has 0 aromatic carbocycles. The molecule has 1 aromatic heterocycles. The molecule has 0 amide bonds. The minimum atomic E-state index is 0.445. The van der Waals surface area contributed by atoms with Crippen LogP contribution in [0.1, 0.15) is 63.8 Å². The SMILES string of the molecule is CCc1nnc(N2C(C)CCC2CC)c(C(N)=S)c1CC. The minimum Gasteiger partial charge on any atom is -0.389 e. The van der Waals surface area contributed by atoms with E-state index in [2.05, 4.69) is 42.8 Å². The highest BCUT2D eigenvalue weighted by atomic mass is 32.1. The van der Waals surface area contributed by atoms with Gasteiger partial charge in [-0.15, -0.1) is 5.10 Å². The van der Waals surface area contributed by atoms with E-state index in [0.29, 0.717) is 17.1 Å². The van der Waals surface area contributed by atoms with Gasteiger partial charge in [-0.25, -0.2) is 0 Å². The highest BCUT2D eigenvalue weighted by Gasteiger charge is 2.33. The van der Waals surface area contributed by atoms with Crippen LogP contribution < -0.4 is 10.6 Å². The highest BCUT2D eigenvalue weighted by molar-refractivity contribution is 7.80. The Labute approximate surface area is 133 Å². The lowest BCUT2D eigenvalue weighted by atomic mass is 10.0. The van der Waals surface area contributed by atoms with E-state index in [1.165, 1.54) is 18.4 Å². The van der Waals surface area contributed by atoms with Crippen molar-refractivity contribution in [3.8, 4) is 0 Å². The van der Waals surface area contributed by atoms with Gasteiger partial charge in [0.15, 0.2) is 5.82 Å². The Morgan fingerprint density at radius 2 is 1.95 bits per heavy atom. The Morgan fingerprint density at radius 1 is 1.24 bits per heavy atom. The topological polar surface area (TPSA) is 55.0 Å². The zero-order chi connectivity index (χ0) is 15.6. The minimum absolute atomic E-state index is 0.445. The molecule has 0 radical (unpaired) electrons. The molecule has 2 rings (SSSR count). The lowest BCUT2D eigenvalue weighted by Gasteiger charge is -2.31. The fourth-order valence-corrected chi connectivity index (χ4v) is 3.67. The van der Waals surface area contributed by atoms with Gasteiger partial charge in [-0.2, -0.15) is 5.10 Å². The fraction of sp³-hybridized carbons (Fsp3) is 0.688. The summed E-state index contributed by atoms with van der Waals surface area (Å²) in [6.07, 6.45) is 5.25. The van der Waals surface area contributed by atoms with E-state index in [-0.39, 0.29) is 0 Å². The molecule has 0 bridgehead atoms. The molecule has 5 heteroatoms. The van der Waals surface area contributed by atoms with Crippen LogP contribution in [0.5, 0.6) is 0 Å². The largest absolute Gasteiger partial charge is 0.389 e. The maximum Gasteiger partial charge on any atom is 0.162 e. The van der Waals surface area contributed by atoms with E-state index in [9.17, 15) is 0 Å². The molecule has 1 aromatic rings. The summed E-state index contributed by atoms with van der Waals surface area (Å²) in [5, 5.41) is 8.97. The Kier molecular flexibility index (Phi) is 5.14. The number of nitrogens with zero attached hydrogens (tertiary/aromatic N) is 3. The monoisotopic (exact) mass is 306 g/mol. The van der Waals surface area contributed by atoms with Crippen LogP contribution in [-0.4, -0.2) is 27.3 Å². The second-order valence-corrected chi connectivity index (χ2v) is 6.23. The zero-order valence-electron chi connectivity index (χ0n) is 13.5. The third-order valence-corrected chi connectivity index (χ3v) is 4.78. The first-order valence-corrected chi connectivity index (χ1v) is 8.42. The van der Waals surface area contributed by atoms with Gasteiger partial charge >= 0.3 is 0 Å². The van der Waals surface area contributed by atoms with Crippen LogP contribution >= 0.6 is 12.2 Å². The lowest BCUT2D eigenvalue weighted by molar-refractivity contribution is 0.614. The molecule has 1 aliphatic rings. The van der Waals surface area contributed by atoms with Crippen LogP contribution in [0.15, 0.2) is 0 Å². The molecular formula is C16H26N4S. The summed E-state index contributed by atoms with van der Waals surface area (Å²) in [6.45, 7) is 8.71. The number of thiocarbonyl (C=S) groups is 1. The number of nitrogens with two attached hydrogens (primary N) is 1. The zero-order valence-corrected chi connectivity index (χ0v) is 14.3. The van der Waals surface area contributed by atoms with Crippen LogP contribution in [0.4, 0.5) is 5.82 Å². The molecule has 2 heterocycles. The Hall–Kier alpha value is -1.23. The molecule has 116 valence electrons. The van der Waals surface area contributed by atoms with Gasteiger partial charge in [0.25, 0.3) is 0 Å². The van der Waals surface area contributed by atoms with E-state index >= 15 is 0 Å². The van der Waals surface area contributed by atoms with Crippen LogP contribution in [-0.2, 0) is 12.8 Å². The smallest absolute Gasteiger partial charge is 0.162 e. The van der Waals surface area contributed by atoms with E-state index in [1.807, 2.05) is 0 Å². The van der Waals surface area contributed by atoms with Gasteiger partial charge in [-0.1, -0.05) is 33.0 Å². The van der Waals surface area contributed by atoms with Crippen molar-refractivity contribution in [2.24, 2.45) is 5.73 Å². The van der Waals surface area contributed by atoms with Crippen LogP contribution in [0.25, 0.3) is 0 Å². The van der Waals surface area contributed by atoms with Crippen LogP contribution in [0.2, 0.25) is 0 Å². The first-order chi connectivity index (χ1) is 10.0. The fourth-order valence-electron chi connectivity index (χ4n) is 3.46. The van der Waals surface area contributed by atoms with Crippen LogP contribution in [0.3, 0.4) is 0 Å². The van der Waals surface area contributed by atoms with Gasteiger partial charge in [0.1, 0.15) is 4.99 Å². The molecule has 2 atom stereocenters. The average Bonchev–Trinajstić information content (AvgIpc) is 2.86. The van der Waals surface area contributed by atoms with E-state index in [1.54, 1.807) is 0 Å². The number of anilines is 1. The molecule has 1 saturated heterocycles. The van der Waals surface area contributed by atoms with E-state index < -0.39 is 0 Å². The summed E-state index contributed by atoms with van der Waals surface area (Å²) >= 11 is 5.34. The molecule has 2 unspecified atom stereocenters. The maximum absolute atomic E-state index is 6.05. The molecule has 0 saturated carbocycles. The van der Waals surface area contributed by atoms with Crippen molar-refractivity contribution in [1.82, 2.24) is 10.2 Å². The number of hydrogen-bond acceptors (Lipinski definition) is 4. The summed E-state index contributed by atoms with van der Waals surface area (Å²) in [5.41, 5.74) is 9.19. The third kappa shape index (κ3) is 2.89.